The molecule has 3 nitrogen and oxygen atoms in total. The molecule has 1 aliphatic rings. The summed E-state index contributed by atoms with van der Waals surface area (Å²) in [6.07, 6.45) is -0.653. The van der Waals surface area contributed by atoms with Crippen molar-refractivity contribution in [3.8, 4) is 0 Å². The van der Waals surface area contributed by atoms with Gasteiger partial charge in [0.25, 0.3) is 0 Å². The van der Waals surface area contributed by atoms with Crippen LogP contribution in [0.1, 0.15) is 29.2 Å². The van der Waals surface area contributed by atoms with Crippen LogP contribution in [0.3, 0.4) is 0 Å². The van der Waals surface area contributed by atoms with Crippen molar-refractivity contribution in [3.63, 3.8) is 0 Å². The second-order valence-corrected chi connectivity index (χ2v) is 7.00. The van der Waals surface area contributed by atoms with Gasteiger partial charge in [-0.3, -0.25) is 4.90 Å². The molecule has 142 valence electrons. The van der Waals surface area contributed by atoms with E-state index in [0.29, 0.717) is 23.0 Å². The minimum absolute atomic E-state index is 0.140. The fourth-order valence-electron chi connectivity index (χ4n) is 2.94. The van der Waals surface area contributed by atoms with Gasteiger partial charge in [-0.1, -0.05) is 64.5 Å². The Morgan fingerprint density at radius 1 is 1.15 bits per heavy atom. The number of halogens is 4. The molecule has 27 heavy (non-hydrogen) atoms. The third-order valence-corrected chi connectivity index (χ3v) is 5.02. The average molecular weight is 440 g/mol. The van der Waals surface area contributed by atoms with Crippen molar-refractivity contribution in [2.24, 2.45) is 0 Å². The van der Waals surface area contributed by atoms with Gasteiger partial charge in [0.1, 0.15) is 6.61 Å². The van der Waals surface area contributed by atoms with Crippen molar-refractivity contribution in [2.45, 2.75) is 25.2 Å². The summed E-state index contributed by atoms with van der Waals surface area (Å²) < 4.78 is 44.4. The summed E-state index contributed by atoms with van der Waals surface area (Å²) >= 11 is 3.22. The molecule has 2 aromatic carbocycles. The van der Waals surface area contributed by atoms with Gasteiger partial charge in [-0.25, -0.2) is 4.79 Å². The van der Waals surface area contributed by atoms with E-state index in [1.54, 1.807) is 0 Å². The minimum atomic E-state index is -4.41. The lowest BCUT2D eigenvalue weighted by Crippen LogP contribution is -2.37. The molecule has 1 atom stereocenters. The van der Waals surface area contributed by atoms with Crippen molar-refractivity contribution in [1.29, 1.82) is 0 Å². The summed E-state index contributed by atoms with van der Waals surface area (Å²) in [4.78, 5) is 14.1. The van der Waals surface area contributed by atoms with E-state index >= 15 is 0 Å². The number of nitrogens with zero attached hydrogens (tertiary/aromatic N) is 1. The van der Waals surface area contributed by atoms with E-state index < -0.39 is 23.9 Å². The molecule has 0 spiro atoms. The largest absolute Gasteiger partial charge is 0.445 e. The molecule has 0 bridgehead atoms. The van der Waals surface area contributed by atoms with Gasteiger partial charge in [0.15, 0.2) is 0 Å². The molecule has 2 aromatic rings. The lowest BCUT2D eigenvalue weighted by Gasteiger charge is -2.33. The first-order valence-corrected chi connectivity index (χ1v) is 9.14. The summed E-state index contributed by atoms with van der Waals surface area (Å²) in [6.45, 7) is 0.479. The molecule has 0 radical (unpaired) electrons. The monoisotopic (exact) mass is 439 g/mol. The quantitative estimate of drug-likeness (QED) is 0.540. The van der Waals surface area contributed by atoms with Crippen LogP contribution in [0.15, 0.2) is 65.2 Å². The van der Waals surface area contributed by atoms with Gasteiger partial charge in [0, 0.05) is 11.0 Å². The third kappa shape index (κ3) is 4.71. The van der Waals surface area contributed by atoms with Crippen molar-refractivity contribution in [1.82, 2.24) is 4.90 Å². The van der Waals surface area contributed by atoms with Crippen LogP contribution in [0, 0.1) is 0 Å². The molecule has 0 saturated carbocycles. The Kier molecular flexibility index (Phi) is 5.89. The number of ether oxygens (including phenoxy) is 1. The van der Waals surface area contributed by atoms with E-state index in [4.69, 9.17) is 4.74 Å². The number of hydrogen-bond acceptors (Lipinski definition) is 2. The number of carbonyl (C=O) groups excluding carboxylic acids is 1. The Balaban J connectivity index is 1.77. The van der Waals surface area contributed by atoms with Crippen LogP contribution in [0.5, 0.6) is 0 Å². The van der Waals surface area contributed by atoms with Crippen LogP contribution >= 0.6 is 15.9 Å². The fourth-order valence-corrected chi connectivity index (χ4v) is 3.58. The first kappa shape index (κ1) is 19.5. The fraction of sp³-hybridized carbons (Fsp3) is 0.250. The molecule has 7 heteroatoms. The average Bonchev–Trinajstić information content (AvgIpc) is 2.66. The Hall–Kier alpha value is -2.28. The predicted octanol–water partition coefficient (Wildman–Crippen LogP) is 6.11. The molecule has 1 aliphatic heterocycles. The highest BCUT2D eigenvalue weighted by molar-refractivity contribution is 9.10. The maximum absolute atomic E-state index is 12.9. The van der Waals surface area contributed by atoms with Crippen LogP contribution in [-0.4, -0.2) is 17.5 Å². The number of amides is 1. The summed E-state index contributed by atoms with van der Waals surface area (Å²) in [5.74, 6) is 0. The zero-order valence-electron chi connectivity index (χ0n) is 14.2. The normalized spacial score (nSPS) is 17.0. The molecular weight excluding hydrogens is 423 g/mol. The highest BCUT2D eigenvalue weighted by atomic mass is 79.9. The SMILES string of the molecule is O=C(OCc1ccccc1)N1CC=CCC1c1ccc(C(F)(F)F)cc1Br. The maximum Gasteiger partial charge on any atom is 0.416 e. The zero-order chi connectivity index (χ0) is 19.4. The second-order valence-electron chi connectivity index (χ2n) is 6.15. The molecule has 3 rings (SSSR count). The van der Waals surface area contributed by atoms with Gasteiger partial charge in [0.2, 0.25) is 0 Å². The van der Waals surface area contributed by atoms with Crippen LogP contribution < -0.4 is 0 Å². The summed E-state index contributed by atoms with van der Waals surface area (Å²) in [6, 6.07) is 12.4. The standard InChI is InChI=1S/C20H17BrF3NO2/c21-17-12-15(20(22,23)24)9-10-16(17)18-8-4-5-11-25(18)19(26)27-13-14-6-2-1-3-7-14/h1-7,9-10,12,18H,8,11,13H2. The molecule has 0 saturated heterocycles. The van der Waals surface area contributed by atoms with Crippen LogP contribution in [0.2, 0.25) is 0 Å². The third-order valence-electron chi connectivity index (χ3n) is 4.33. The van der Waals surface area contributed by atoms with E-state index in [1.165, 1.54) is 11.0 Å². The summed E-state index contributed by atoms with van der Waals surface area (Å²) in [5, 5.41) is 0. The molecule has 0 aliphatic carbocycles. The number of hydrogen-bond donors (Lipinski definition) is 0. The highest BCUT2D eigenvalue weighted by Crippen LogP contribution is 2.37. The number of rotatable bonds is 3. The van der Waals surface area contributed by atoms with Crippen LogP contribution in [-0.2, 0) is 17.5 Å². The van der Waals surface area contributed by atoms with Gasteiger partial charge in [-0.15, -0.1) is 0 Å². The molecule has 0 N–H and O–H groups in total. The number of carbonyl (C=O) groups is 1. The first-order valence-electron chi connectivity index (χ1n) is 8.35. The predicted molar refractivity (Wildman–Crippen MR) is 99.0 cm³/mol. The topological polar surface area (TPSA) is 29.5 Å². The van der Waals surface area contributed by atoms with Crippen molar-refractivity contribution in [2.75, 3.05) is 6.54 Å². The van der Waals surface area contributed by atoms with E-state index in [9.17, 15) is 18.0 Å². The van der Waals surface area contributed by atoms with Gasteiger partial charge in [-0.2, -0.15) is 13.2 Å². The van der Waals surface area contributed by atoms with Crippen molar-refractivity contribution >= 4 is 22.0 Å². The van der Waals surface area contributed by atoms with E-state index in [-0.39, 0.29) is 6.61 Å². The van der Waals surface area contributed by atoms with Gasteiger partial charge >= 0.3 is 12.3 Å². The van der Waals surface area contributed by atoms with E-state index in [0.717, 1.165) is 17.7 Å². The lowest BCUT2D eigenvalue weighted by molar-refractivity contribution is -0.137. The van der Waals surface area contributed by atoms with Crippen LogP contribution in [0.4, 0.5) is 18.0 Å². The van der Waals surface area contributed by atoms with E-state index in [2.05, 4.69) is 15.9 Å². The first-order chi connectivity index (χ1) is 12.9. The number of alkyl halides is 3. The zero-order valence-corrected chi connectivity index (χ0v) is 15.8. The highest BCUT2D eigenvalue weighted by Gasteiger charge is 2.33. The Morgan fingerprint density at radius 3 is 2.56 bits per heavy atom. The van der Waals surface area contributed by atoms with Gasteiger partial charge < -0.3 is 4.74 Å². The summed E-state index contributed by atoms with van der Waals surface area (Å²) in [7, 11) is 0. The lowest BCUT2D eigenvalue weighted by atomic mass is 9.98. The van der Waals surface area contributed by atoms with Gasteiger partial charge in [-0.05, 0) is 29.7 Å². The molecule has 1 amide bonds. The van der Waals surface area contributed by atoms with Crippen molar-refractivity contribution < 1.29 is 22.7 Å². The molecular formula is C20H17BrF3NO2. The molecule has 1 heterocycles. The smallest absolute Gasteiger partial charge is 0.416 e. The molecule has 1 unspecified atom stereocenters. The van der Waals surface area contributed by atoms with Crippen molar-refractivity contribution in [3.05, 3.63) is 81.8 Å². The Labute approximate surface area is 163 Å². The van der Waals surface area contributed by atoms with E-state index in [1.807, 2.05) is 42.5 Å². The molecule has 0 fully saturated rings. The number of benzene rings is 2. The van der Waals surface area contributed by atoms with Gasteiger partial charge in [0.05, 0.1) is 11.6 Å². The molecule has 0 aromatic heterocycles. The summed E-state index contributed by atoms with van der Waals surface area (Å²) in [5.41, 5.74) is 0.748. The Morgan fingerprint density at radius 2 is 1.89 bits per heavy atom. The maximum atomic E-state index is 12.9. The van der Waals surface area contributed by atoms with Crippen LogP contribution in [0.25, 0.3) is 0 Å². The minimum Gasteiger partial charge on any atom is -0.445 e. The Bertz CT molecular complexity index is 837. The second kappa shape index (κ2) is 8.17.